The summed E-state index contributed by atoms with van der Waals surface area (Å²) in [5.41, 5.74) is 1.13. The van der Waals surface area contributed by atoms with Gasteiger partial charge in [-0.2, -0.15) is 19.8 Å². The molecule has 1 aromatic rings. The van der Waals surface area contributed by atoms with Crippen LogP contribution in [0.25, 0.3) is 0 Å². The molecule has 0 radical (unpaired) electrons. The predicted molar refractivity (Wildman–Crippen MR) is 53.6 cm³/mol. The van der Waals surface area contributed by atoms with Crippen LogP contribution in [0.5, 0.6) is 0 Å². The minimum atomic E-state index is -3.82. The van der Waals surface area contributed by atoms with Gasteiger partial charge in [0.1, 0.15) is 0 Å². The minimum absolute atomic E-state index is 0.0374. The van der Waals surface area contributed by atoms with E-state index in [0.29, 0.717) is 6.42 Å². The Bertz CT molecular complexity index is 339. The molecule has 0 saturated carbocycles. The normalized spacial score (nSPS) is 14.3. The van der Waals surface area contributed by atoms with Gasteiger partial charge in [-0.05, 0) is 34.7 Å². The van der Waals surface area contributed by atoms with Gasteiger partial charge >= 0.3 is 0 Å². The molecule has 1 atom stereocenters. The first-order valence-corrected chi connectivity index (χ1v) is 6.49. The van der Waals surface area contributed by atoms with E-state index in [-0.39, 0.29) is 11.7 Å². The smallest absolute Gasteiger partial charge is 0.265 e. The maximum atomic E-state index is 10.5. The SMILES string of the molecule is CC(Cc1ccsc1)CS(=O)(=O)O. The summed E-state index contributed by atoms with van der Waals surface area (Å²) >= 11 is 1.59. The number of thiophene rings is 1. The summed E-state index contributed by atoms with van der Waals surface area (Å²) in [5.74, 6) is -0.201. The molecule has 1 N–H and O–H groups in total. The molecule has 0 aliphatic rings. The highest BCUT2D eigenvalue weighted by Crippen LogP contribution is 2.13. The molecule has 0 spiro atoms. The molecule has 5 heteroatoms. The van der Waals surface area contributed by atoms with Crippen LogP contribution in [0.2, 0.25) is 0 Å². The summed E-state index contributed by atoms with van der Waals surface area (Å²) in [4.78, 5) is 0. The van der Waals surface area contributed by atoms with E-state index in [4.69, 9.17) is 4.55 Å². The molecule has 0 amide bonds. The fourth-order valence-corrected chi connectivity index (χ4v) is 2.75. The van der Waals surface area contributed by atoms with Crippen LogP contribution in [-0.2, 0) is 16.5 Å². The van der Waals surface area contributed by atoms with Crippen molar-refractivity contribution in [2.24, 2.45) is 5.92 Å². The molecular weight excluding hydrogens is 208 g/mol. The summed E-state index contributed by atoms with van der Waals surface area (Å²) < 4.78 is 29.6. The molecule has 0 fully saturated rings. The molecule has 0 aliphatic carbocycles. The molecule has 1 unspecified atom stereocenters. The quantitative estimate of drug-likeness (QED) is 0.787. The molecule has 0 saturated heterocycles. The lowest BCUT2D eigenvalue weighted by Gasteiger charge is -2.06. The lowest BCUT2D eigenvalue weighted by Crippen LogP contribution is -2.14. The van der Waals surface area contributed by atoms with Crippen molar-refractivity contribution in [3.63, 3.8) is 0 Å². The van der Waals surface area contributed by atoms with E-state index in [1.165, 1.54) is 0 Å². The van der Waals surface area contributed by atoms with E-state index in [2.05, 4.69) is 0 Å². The zero-order valence-corrected chi connectivity index (χ0v) is 8.94. The predicted octanol–water partition coefficient (Wildman–Crippen LogP) is 1.81. The number of rotatable bonds is 4. The van der Waals surface area contributed by atoms with Crippen LogP contribution in [0.4, 0.5) is 0 Å². The first-order valence-electron chi connectivity index (χ1n) is 3.93. The van der Waals surface area contributed by atoms with Crippen molar-refractivity contribution in [3.8, 4) is 0 Å². The monoisotopic (exact) mass is 220 g/mol. The van der Waals surface area contributed by atoms with Crippen LogP contribution in [0.3, 0.4) is 0 Å². The Kier molecular flexibility index (Phi) is 3.47. The Labute approximate surface area is 82.2 Å². The zero-order chi connectivity index (χ0) is 9.90. The van der Waals surface area contributed by atoms with E-state index in [1.807, 2.05) is 23.8 Å². The van der Waals surface area contributed by atoms with Gasteiger partial charge in [0.2, 0.25) is 0 Å². The van der Waals surface area contributed by atoms with E-state index >= 15 is 0 Å². The third-order valence-electron chi connectivity index (χ3n) is 1.66. The first-order chi connectivity index (χ1) is 5.97. The van der Waals surface area contributed by atoms with Crippen LogP contribution in [-0.4, -0.2) is 18.7 Å². The average molecular weight is 220 g/mol. The Balaban J connectivity index is 2.47. The number of hydrogen-bond acceptors (Lipinski definition) is 3. The van der Waals surface area contributed by atoms with Gasteiger partial charge in [0, 0.05) is 0 Å². The Morgan fingerprint density at radius 1 is 1.62 bits per heavy atom. The van der Waals surface area contributed by atoms with Crippen molar-refractivity contribution in [3.05, 3.63) is 22.4 Å². The standard InChI is InChI=1S/C8H12O3S2/c1-7(6-13(9,10)11)4-8-2-3-12-5-8/h2-3,5,7H,4,6H2,1H3,(H,9,10,11). The van der Waals surface area contributed by atoms with E-state index in [9.17, 15) is 8.42 Å². The molecule has 1 heterocycles. The van der Waals surface area contributed by atoms with E-state index < -0.39 is 10.1 Å². The Morgan fingerprint density at radius 3 is 2.77 bits per heavy atom. The molecule has 0 aromatic carbocycles. The molecule has 1 rings (SSSR count). The molecule has 74 valence electrons. The van der Waals surface area contributed by atoms with E-state index in [1.54, 1.807) is 11.3 Å². The molecule has 1 aromatic heterocycles. The van der Waals surface area contributed by atoms with Crippen molar-refractivity contribution in [1.82, 2.24) is 0 Å². The summed E-state index contributed by atoms with van der Waals surface area (Å²) in [6.45, 7) is 1.81. The highest BCUT2D eigenvalue weighted by molar-refractivity contribution is 7.85. The first kappa shape index (κ1) is 10.7. The maximum Gasteiger partial charge on any atom is 0.265 e. The average Bonchev–Trinajstić information content (AvgIpc) is 2.34. The van der Waals surface area contributed by atoms with Crippen LogP contribution in [0.15, 0.2) is 16.8 Å². The van der Waals surface area contributed by atoms with Crippen molar-refractivity contribution in [1.29, 1.82) is 0 Å². The highest BCUT2D eigenvalue weighted by atomic mass is 32.2. The fraction of sp³-hybridized carbons (Fsp3) is 0.500. The lowest BCUT2D eigenvalue weighted by atomic mass is 10.1. The molecule has 3 nitrogen and oxygen atoms in total. The topological polar surface area (TPSA) is 54.4 Å². The second-order valence-electron chi connectivity index (χ2n) is 3.19. The number of hydrogen-bond donors (Lipinski definition) is 1. The van der Waals surface area contributed by atoms with Gasteiger partial charge in [-0.25, -0.2) is 0 Å². The van der Waals surface area contributed by atoms with Gasteiger partial charge in [-0.1, -0.05) is 6.92 Å². The lowest BCUT2D eigenvalue weighted by molar-refractivity contribution is 0.469. The summed E-state index contributed by atoms with van der Waals surface area (Å²) in [6, 6.07) is 1.96. The van der Waals surface area contributed by atoms with Gasteiger partial charge in [0.15, 0.2) is 0 Å². The second-order valence-corrected chi connectivity index (χ2v) is 5.47. The van der Waals surface area contributed by atoms with E-state index in [0.717, 1.165) is 5.56 Å². The third kappa shape index (κ3) is 4.40. The largest absolute Gasteiger partial charge is 0.286 e. The zero-order valence-electron chi connectivity index (χ0n) is 7.30. The van der Waals surface area contributed by atoms with Gasteiger partial charge < -0.3 is 0 Å². The van der Waals surface area contributed by atoms with Crippen LogP contribution in [0, 0.1) is 5.92 Å². The van der Waals surface area contributed by atoms with Crippen LogP contribution in [0.1, 0.15) is 12.5 Å². The molecule has 0 bridgehead atoms. The summed E-state index contributed by atoms with van der Waals surface area (Å²) in [7, 11) is -3.82. The Hall–Kier alpha value is -0.390. The van der Waals surface area contributed by atoms with Gasteiger partial charge in [-0.3, -0.25) is 4.55 Å². The fourth-order valence-electron chi connectivity index (χ4n) is 1.23. The van der Waals surface area contributed by atoms with Crippen LogP contribution >= 0.6 is 11.3 Å². The van der Waals surface area contributed by atoms with Crippen molar-refractivity contribution < 1.29 is 13.0 Å². The van der Waals surface area contributed by atoms with Gasteiger partial charge in [0.25, 0.3) is 10.1 Å². The summed E-state index contributed by atoms with van der Waals surface area (Å²) in [6.07, 6.45) is 0.698. The highest BCUT2D eigenvalue weighted by Gasteiger charge is 2.12. The second kappa shape index (κ2) is 4.21. The van der Waals surface area contributed by atoms with Crippen molar-refractivity contribution in [2.75, 3.05) is 5.75 Å². The third-order valence-corrected chi connectivity index (χ3v) is 3.38. The van der Waals surface area contributed by atoms with Crippen LogP contribution < -0.4 is 0 Å². The summed E-state index contributed by atoms with van der Waals surface area (Å²) in [5, 5.41) is 3.94. The Morgan fingerprint density at radius 2 is 2.31 bits per heavy atom. The molecule has 0 aliphatic heterocycles. The minimum Gasteiger partial charge on any atom is -0.286 e. The maximum absolute atomic E-state index is 10.5. The van der Waals surface area contributed by atoms with Crippen molar-refractivity contribution >= 4 is 21.5 Å². The molecular formula is C8H12O3S2. The van der Waals surface area contributed by atoms with Gasteiger partial charge in [-0.15, -0.1) is 0 Å². The van der Waals surface area contributed by atoms with Gasteiger partial charge in [0.05, 0.1) is 5.75 Å². The van der Waals surface area contributed by atoms with Crippen molar-refractivity contribution in [2.45, 2.75) is 13.3 Å². The molecule has 13 heavy (non-hydrogen) atoms.